The van der Waals surface area contributed by atoms with Gasteiger partial charge in [0.15, 0.2) is 0 Å². The number of carbonyl (C=O) groups is 1. The van der Waals surface area contributed by atoms with Crippen LogP contribution in [-0.2, 0) is 11.2 Å². The van der Waals surface area contributed by atoms with Gasteiger partial charge in [-0.15, -0.1) is 0 Å². The minimum atomic E-state index is -0.0348. The summed E-state index contributed by atoms with van der Waals surface area (Å²) >= 11 is 0. The largest absolute Gasteiger partial charge is 0.330 e. The molecule has 0 aliphatic rings. The SMILES string of the molecule is NC[C@H](C=O)Cc1ccccc1. The number of nitrogens with two attached hydrogens (primary N) is 1. The Morgan fingerprint density at radius 1 is 1.33 bits per heavy atom. The molecule has 0 heterocycles. The van der Waals surface area contributed by atoms with Gasteiger partial charge in [-0.3, -0.25) is 0 Å². The monoisotopic (exact) mass is 163 g/mol. The van der Waals surface area contributed by atoms with Crippen LogP contribution in [0.4, 0.5) is 0 Å². The van der Waals surface area contributed by atoms with E-state index in [1.807, 2.05) is 30.3 Å². The Bertz CT molecular complexity index is 233. The van der Waals surface area contributed by atoms with Crippen LogP contribution in [0.2, 0.25) is 0 Å². The molecule has 0 aromatic heterocycles. The van der Waals surface area contributed by atoms with Crippen molar-refractivity contribution in [2.45, 2.75) is 6.42 Å². The van der Waals surface area contributed by atoms with E-state index in [-0.39, 0.29) is 5.92 Å². The van der Waals surface area contributed by atoms with Crippen molar-refractivity contribution in [1.82, 2.24) is 0 Å². The van der Waals surface area contributed by atoms with Gasteiger partial charge in [0.05, 0.1) is 0 Å². The lowest BCUT2D eigenvalue weighted by Gasteiger charge is -2.05. The van der Waals surface area contributed by atoms with Gasteiger partial charge >= 0.3 is 0 Å². The molecule has 0 radical (unpaired) electrons. The van der Waals surface area contributed by atoms with Crippen molar-refractivity contribution in [1.29, 1.82) is 0 Å². The van der Waals surface area contributed by atoms with E-state index < -0.39 is 0 Å². The summed E-state index contributed by atoms with van der Waals surface area (Å²) in [5, 5.41) is 0. The van der Waals surface area contributed by atoms with Gasteiger partial charge in [-0.25, -0.2) is 0 Å². The zero-order chi connectivity index (χ0) is 8.81. The normalized spacial score (nSPS) is 12.4. The van der Waals surface area contributed by atoms with Crippen molar-refractivity contribution in [3.8, 4) is 0 Å². The lowest BCUT2D eigenvalue weighted by atomic mass is 10.0. The maximum atomic E-state index is 10.5. The van der Waals surface area contributed by atoms with Crippen LogP contribution in [0.25, 0.3) is 0 Å². The number of benzene rings is 1. The van der Waals surface area contributed by atoms with E-state index in [4.69, 9.17) is 5.73 Å². The third-order valence-electron chi connectivity index (χ3n) is 1.84. The Balaban J connectivity index is 2.56. The Labute approximate surface area is 72.4 Å². The fourth-order valence-corrected chi connectivity index (χ4v) is 1.10. The molecule has 12 heavy (non-hydrogen) atoms. The highest BCUT2D eigenvalue weighted by atomic mass is 16.1. The summed E-state index contributed by atoms with van der Waals surface area (Å²) in [6.45, 7) is 0.429. The number of rotatable bonds is 4. The van der Waals surface area contributed by atoms with Crippen molar-refractivity contribution in [3.63, 3.8) is 0 Å². The maximum Gasteiger partial charge on any atom is 0.124 e. The number of hydrogen-bond donors (Lipinski definition) is 1. The highest BCUT2D eigenvalue weighted by Crippen LogP contribution is 2.05. The summed E-state index contributed by atoms with van der Waals surface area (Å²) in [6, 6.07) is 9.90. The Hall–Kier alpha value is -1.15. The highest BCUT2D eigenvalue weighted by Gasteiger charge is 2.04. The first kappa shape index (κ1) is 8.94. The van der Waals surface area contributed by atoms with Crippen LogP contribution in [-0.4, -0.2) is 12.8 Å². The molecule has 2 heteroatoms. The predicted octanol–water partition coefficient (Wildman–Crippen LogP) is 1.00. The fraction of sp³-hybridized carbons (Fsp3) is 0.300. The van der Waals surface area contributed by atoms with Crippen LogP contribution in [0.5, 0.6) is 0 Å². The lowest BCUT2D eigenvalue weighted by molar-refractivity contribution is -0.110. The van der Waals surface area contributed by atoms with E-state index in [9.17, 15) is 4.79 Å². The zero-order valence-corrected chi connectivity index (χ0v) is 6.94. The predicted molar refractivity (Wildman–Crippen MR) is 48.8 cm³/mol. The van der Waals surface area contributed by atoms with E-state index >= 15 is 0 Å². The second-order valence-electron chi connectivity index (χ2n) is 2.82. The van der Waals surface area contributed by atoms with Gasteiger partial charge in [0, 0.05) is 12.5 Å². The van der Waals surface area contributed by atoms with Gasteiger partial charge in [-0.2, -0.15) is 0 Å². The number of carbonyl (C=O) groups excluding carboxylic acids is 1. The van der Waals surface area contributed by atoms with Crippen molar-refractivity contribution in [2.75, 3.05) is 6.54 Å². The van der Waals surface area contributed by atoms with Crippen LogP contribution in [0.1, 0.15) is 5.56 Å². The van der Waals surface area contributed by atoms with Crippen LogP contribution in [0, 0.1) is 5.92 Å². The molecule has 64 valence electrons. The number of aldehydes is 1. The molecule has 0 spiro atoms. The second-order valence-corrected chi connectivity index (χ2v) is 2.82. The molecule has 0 amide bonds. The van der Waals surface area contributed by atoms with Crippen molar-refractivity contribution >= 4 is 6.29 Å². The highest BCUT2D eigenvalue weighted by molar-refractivity contribution is 5.54. The van der Waals surface area contributed by atoms with Crippen molar-refractivity contribution in [3.05, 3.63) is 35.9 Å². The molecule has 0 bridgehead atoms. The van der Waals surface area contributed by atoms with E-state index in [2.05, 4.69) is 0 Å². The van der Waals surface area contributed by atoms with Gasteiger partial charge in [0.1, 0.15) is 6.29 Å². The van der Waals surface area contributed by atoms with Gasteiger partial charge in [0.25, 0.3) is 0 Å². The Kier molecular flexibility index (Phi) is 3.48. The van der Waals surface area contributed by atoms with Crippen LogP contribution in [0.3, 0.4) is 0 Å². The molecular weight excluding hydrogens is 150 g/mol. The van der Waals surface area contributed by atoms with Crippen molar-refractivity contribution < 1.29 is 4.79 Å². The summed E-state index contributed by atoms with van der Waals surface area (Å²) in [5.74, 6) is -0.0348. The smallest absolute Gasteiger partial charge is 0.124 e. The third kappa shape index (κ3) is 2.47. The van der Waals surface area contributed by atoms with Crippen LogP contribution in [0.15, 0.2) is 30.3 Å². The molecule has 2 N–H and O–H groups in total. The van der Waals surface area contributed by atoms with Gasteiger partial charge in [0.2, 0.25) is 0 Å². The van der Waals surface area contributed by atoms with E-state index in [0.29, 0.717) is 6.54 Å². The standard InChI is InChI=1S/C10H13NO/c11-7-10(8-12)6-9-4-2-1-3-5-9/h1-5,8,10H,6-7,11H2/t10-/m1/s1. The molecule has 1 rings (SSSR count). The summed E-state index contributed by atoms with van der Waals surface area (Å²) < 4.78 is 0. The fourth-order valence-electron chi connectivity index (χ4n) is 1.10. The molecule has 0 aliphatic carbocycles. The molecule has 0 unspecified atom stereocenters. The molecule has 0 aliphatic heterocycles. The first-order chi connectivity index (χ1) is 5.86. The van der Waals surface area contributed by atoms with E-state index in [1.54, 1.807) is 0 Å². The summed E-state index contributed by atoms with van der Waals surface area (Å²) in [4.78, 5) is 10.5. The molecule has 1 aromatic rings. The quantitative estimate of drug-likeness (QED) is 0.673. The second kappa shape index (κ2) is 4.67. The van der Waals surface area contributed by atoms with Gasteiger partial charge in [-0.05, 0) is 12.0 Å². The lowest BCUT2D eigenvalue weighted by Crippen LogP contribution is -2.17. The Morgan fingerprint density at radius 3 is 2.50 bits per heavy atom. The number of hydrogen-bond acceptors (Lipinski definition) is 2. The third-order valence-corrected chi connectivity index (χ3v) is 1.84. The topological polar surface area (TPSA) is 43.1 Å². The maximum absolute atomic E-state index is 10.5. The molecule has 1 aromatic carbocycles. The summed E-state index contributed by atoms with van der Waals surface area (Å²) in [7, 11) is 0. The molecule has 0 saturated carbocycles. The average Bonchev–Trinajstić information content (AvgIpc) is 2.16. The minimum absolute atomic E-state index is 0.0348. The zero-order valence-electron chi connectivity index (χ0n) is 6.94. The van der Waals surface area contributed by atoms with Gasteiger partial charge in [-0.1, -0.05) is 30.3 Å². The first-order valence-electron chi connectivity index (χ1n) is 4.06. The van der Waals surface area contributed by atoms with Crippen LogP contribution < -0.4 is 5.73 Å². The molecule has 0 saturated heterocycles. The molecule has 2 nitrogen and oxygen atoms in total. The van der Waals surface area contributed by atoms with E-state index in [1.165, 1.54) is 5.56 Å². The summed E-state index contributed by atoms with van der Waals surface area (Å²) in [5.41, 5.74) is 6.57. The minimum Gasteiger partial charge on any atom is -0.330 e. The molecule has 1 atom stereocenters. The van der Waals surface area contributed by atoms with Crippen molar-refractivity contribution in [2.24, 2.45) is 11.7 Å². The molecule has 0 fully saturated rings. The molecular formula is C10H13NO. The van der Waals surface area contributed by atoms with Gasteiger partial charge < -0.3 is 10.5 Å². The first-order valence-corrected chi connectivity index (χ1v) is 4.06. The average molecular weight is 163 g/mol. The van der Waals surface area contributed by atoms with Crippen LogP contribution >= 0.6 is 0 Å². The Morgan fingerprint density at radius 2 is 2.00 bits per heavy atom. The van der Waals surface area contributed by atoms with E-state index in [0.717, 1.165) is 12.7 Å². The summed E-state index contributed by atoms with van der Waals surface area (Å²) in [6.07, 6.45) is 1.67.